The number of aromatic carboxylic acids is 1. The van der Waals surface area contributed by atoms with E-state index in [-0.39, 0.29) is 16.1 Å². The molecule has 25 heavy (non-hydrogen) atoms. The third-order valence-corrected chi connectivity index (χ3v) is 4.32. The Balaban J connectivity index is 2.21. The van der Waals surface area contributed by atoms with Crippen LogP contribution in [0.1, 0.15) is 15.9 Å². The number of nitrogens with zero attached hydrogens (tertiary/aromatic N) is 1. The Hall–Kier alpha value is -2.76. The fourth-order valence-electron chi connectivity index (χ4n) is 2.39. The number of hydrogen-bond acceptors (Lipinski definition) is 2. The SMILES string of the molecule is C=c1[nH]n(-c2ccc(Cl)c(C(=O)O)c2)c(=O)c1=Cc1ccccc1Cl. The van der Waals surface area contributed by atoms with Crippen molar-refractivity contribution in [2.75, 3.05) is 0 Å². The summed E-state index contributed by atoms with van der Waals surface area (Å²) in [5, 5.41) is 13.3. The molecule has 0 aliphatic carbocycles. The third kappa shape index (κ3) is 3.24. The summed E-state index contributed by atoms with van der Waals surface area (Å²) < 4.78 is 1.22. The van der Waals surface area contributed by atoms with Gasteiger partial charge >= 0.3 is 5.97 Å². The van der Waals surface area contributed by atoms with Gasteiger partial charge in [-0.05, 0) is 35.9 Å². The maximum atomic E-state index is 12.7. The van der Waals surface area contributed by atoms with E-state index in [2.05, 4.69) is 11.7 Å². The zero-order valence-corrected chi connectivity index (χ0v) is 14.3. The minimum atomic E-state index is -1.18. The van der Waals surface area contributed by atoms with Gasteiger partial charge in [-0.3, -0.25) is 9.89 Å². The molecule has 0 atom stereocenters. The lowest BCUT2D eigenvalue weighted by molar-refractivity contribution is 0.0697. The molecule has 0 fully saturated rings. The lowest BCUT2D eigenvalue weighted by atomic mass is 10.2. The van der Waals surface area contributed by atoms with Crippen molar-refractivity contribution in [3.63, 3.8) is 0 Å². The molecule has 0 unspecified atom stereocenters. The van der Waals surface area contributed by atoms with E-state index in [1.165, 1.54) is 16.8 Å². The smallest absolute Gasteiger partial charge is 0.337 e. The van der Waals surface area contributed by atoms with E-state index < -0.39 is 5.97 Å². The third-order valence-electron chi connectivity index (χ3n) is 3.65. The van der Waals surface area contributed by atoms with Gasteiger partial charge in [0.2, 0.25) is 0 Å². The molecule has 5 nitrogen and oxygen atoms in total. The van der Waals surface area contributed by atoms with Gasteiger partial charge in [-0.15, -0.1) is 0 Å². The normalized spacial score (nSPS) is 11.7. The van der Waals surface area contributed by atoms with E-state index in [1.54, 1.807) is 30.3 Å². The number of nitrogens with one attached hydrogen (secondary N) is 1. The molecule has 3 aromatic rings. The summed E-state index contributed by atoms with van der Waals surface area (Å²) in [7, 11) is 0. The Morgan fingerprint density at radius 3 is 2.56 bits per heavy atom. The molecule has 1 aromatic heterocycles. The van der Waals surface area contributed by atoms with Crippen LogP contribution in [0.5, 0.6) is 0 Å². The highest BCUT2D eigenvalue weighted by molar-refractivity contribution is 6.33. The van der Waals surface area contributed by atoms with Crippen molar-refractivity contribution in [3.8, 4) is 5.69 Å². The van der Waals surface area contributed by atoms with Crippen LogP contribution in [0, 0.1) is 0 Å². The second kappa shape index (κ2) is 6.63. The van der Waals surface area contributed by atoms with Crippen molar-refractivity contribution in [1.29, 1.82) is 0 Å². The number of aromatic nitrogens is 2. The fourth-order valence-corrected chi connectivity index (χ4v) is 2.78. The molecule has 0 aliphatic heterocycles. The van der Waals surface area contributed by atoms with Gasteiger partial charge in [0.05, 0.1) is 26.8 Å². The summed E-state index contributed by atoms with van der Waals surface area (Å²) in [6.07, 6.45) is 1.63. The Morgan fingerprint density at radius 2 is 1.88 bits per heavy atom. The van der Waals surface area contributed by atoms with Gasteiger partial charge in [-0.25, -0.2) is 9.48 Å². The molecule has 7 heteroatoms. The van der Waals surface area contributed by atoms with Gasteiger partial charge in [-0.2, -0.15) is 0 Å². The van der Waals surface area contributed by atoms with Gasteiger partial charge in [0, 0.05) is 5.02 Å². The average molecular weight is 375 g/mol. The zero-order valence-electron chi connectivity index (χ0n) is 12.8. The monoisotopic (exact) mass is 374 g/mol. The van der Waals surface area contributed by atoms with Gasteiger partial charge in [-0.1, -0.05) is 48.0 Å². The van der Waals surface area contributed by atoms with E-state index in [4.69, 9.17) is 23.2 Å². The second-order valence-electron chi connectivity index (χ2n) is 5.28. The van der Waals surface area contributed by atoms with Crippen molar-refractivity contribution in [3.05, 3.63) is 84.6 Å². The summed E-state index contributed by atoms with van der Waals surface area (Å²) in [6, 6.07) is 11.4. The van der Waals surface area contributed by atoms with Crippen molar-refractivity contribution in [2.24, 2.45) is 0 Å². The number of hydrogen-bond donors (Lipinski definition) is 2. The zero-order chi connectivity index (χ0) is 18.1. The molecule has 0 saturated heterocycles. The first-order valence-corrected chi connectivity index (χ1v) is 7.93. The first-order valence-electron chi connectivity index (χ1n) is 7.18. The second-order valence-corrected chi connectivity index (χ2v) is 6.09. The topological polar surface area (TPSA) is 75.1 Å². The Bertz CT molecular complexity index is 1150. The Morgan fingerprint density at radius 1 is 1.16 bits per heavy atom. The molecule has 2 aromatic carbocycles. The number of rotatable bonds is 3. The predicted molar refractivity (Wildman–Crippen MR) is 98.2 cm³/mol. The lowest BCUT2D eigenvalue weighted by Gasteiger charge is -2.04. The van der Waals surface area contributed by atoms with E-state index >= 15 is 0 Å². The molecule has 3 rings (SSSR count). The van der Waals surface area contributed by atoms with Crippen LogP contribution in [0.15, 0.2) is 47.3 Å². The molecule has 0 bridgehead atoms. The molecule has 2 N–H and O–H groups in total. The number of aromatic amines is 1. The highest BCUT2D eigenvalue weighted by Crippen LogP contribution is 2.19. The van der Waals surface area contributed by atoms with Gasteiger partial charge in [0.25, 0.3) is 5.56 Å². The standard InChI is InChI=1S/C18H12Cl2N2O3/c1-10-13(8-11-4-2-3-5-15(11)19)17(23)22(21-10)12-6-7-16(20)14(9-12)18(24)25/h2-9,21H,1H2,(H,24,25). The summed E-state index contributed by atoms with van der Waals surface area (Å²) in [5.74, 6) is -1.18. The van der Waals surface area contributed by atoms with Crippen molar-refractivity contribution in [1.82, 2.24) is 9.78 Å². The molecular formula is C18H12Cl2N2O3. The minimum Gasteiger partial charge on any atom is -0.478 e. The highest BCUT2D eigenvalue weighted by atomic mass is 35.5. The number of carbonyl (C=O) groups is 1. The molecule has 0 amide bonds. The van der Waals surface area contributed by atoms with Gasteiger partial charge in [0.1, 0.15) is 0 Å². The largest absolute Gasteiger partial charge is 0.478 e. The molecule has 0 saturated carbocycles. The number of carboxylic acid groups (broad SMARTS) is 1. The minimum absolute atomic E-state index is 0.0913. The van der Waals surface area contributed by atoms with Crippen LogP contribution >= 0.6 is 23.2 Å². The van der Waals surface area contributed by atoms with Crippen LogP contribution < -0.4 is 16.1 Å². The Kier molecular flexibility index (Phi) is 4.53. The van der Waals surface area contributed by atoms with Crippen molar-refractivity contribution < 1.29 is 9.90 Å². The summed E-state index contributed by atoms with van der Waals surface area (Å²) in [4.78, 5) is 23.9. The van der Waals surface area contributed by atoms with E-state index in [1.807, 2.05) is 6.07 Å². The highest BCUT2D eigenvalue weighted by Gasteiger charge is 2.12. The van der Waals surface area contributed by atoms with Gasteiger partial charge in [0.15, 0.2) is 0 Å². The molecule has 0 radical (unpaired) electrons. The molecule has 0 aliphatic rings. The maximum absolute atomic E-state index is 12.7. The van der Waals surface area contributed by atoms with Crippen molar-refractivity contribution in [2.45, 2.75) is 0 Å². The number of H-pyrrole nitrogens is 1. The average Bonchev–Trinajstić information content (AvgIpc) is 2.85. The molecule has 0 spiro atoms. The van der Waals surface area contributed by atoms with Crippen LogP contribution in [-0.4, -0.2) is 20.9 Å². The molecule has 1 heterocycles. The van der Waals surface area contributed by atoms with E-state index in [0.717, 1.165) is 0 Å². The van der Waals surface area contributed by atoms with E-state index in [9.17, 15) is 14.7 Å². The van der Waals surface area contributed by atoms with Crippen LogP contribution in [0.25, 0.3) is 18.3 Å². The maximum Gasteiger partial charge on any atom is 0.337 e. The number of benzene rings is 2. The number of halogens is 2. The summed E-state index contributed by atoms with van der Waals surface area (Å²) >= 11 is 12.0. The quantitative estimate of drug-likeness (QED) is 0.738. The van der Waals surface area contributed by atoms with Crippen LogP contribution in [0.3, 0.4) is 0 Å². The predicted octanol–water partition coefficient (Wildman–Crippen LogP) is 2.41. The van der Waals surface area contributed by atoms with Crippen molar-refractivity contribution >= 4 is 41.8 Å². The van der Waals surface area contributed by atoms with Crippen LogP contribution in [0.4, 0.5) is 0 Å². The van der Waals surface area contributed by atoms with E-state index in [0.29, 0.717) is 26.8 Å². The Labute approximate surface area is 152 Å². The van der Waals surface area contributed by atoms with Crippen LogP contribution in [0.2, 0.25) is 10.0 Å². The number of carboxylic acids is 1. The summed E-state index contributed by atoms with van der Waals surface area (Å²) in [6.45, 7) is 3.84. The molecular weight excluding hydrogens is 363 g/mol. The van der Waals surface area contributed by atoms with Gasteiger partial charge < -0.3 is 5.11 Å². The first-order chi connectivity index (χ1) is 11.9. The lowest BCUT2D eigenvalue weighted by Crippen LogP contribution is -2.34. The van der Waals surface area contributed by atoms with Crippen LogP contribution in [-0.2, 0) is 0 Å². The molecule has 126 valence electrons. The fraction of sp³-hybridized carbons (Fsp3) is 0. The summed E-state index contributed by atoms with van der Waals surface area (Å²) in [5.41, 5.74) is 0.557. The first kappa shape index (κ1) is 17.1.